The molecular weight excluding hydrogens is 584 g/mol. The Bertz CT molecular complexity index is 1410. The molecule has 204 valence electrons. The van der Waals surface area contributed by atoms with Crippen molar-refractivity contribution in [2.45, 2.75) is 37.2 Å². The number of nitrogens with one attached hydrogen (secondary N) is 2. The van der Waals surface area contributed by atoms with Crippen LogP contribution in [0.1, 0.15) is 25.3 Å². The predicted octanol–water partition coefficient (Wildman–Crippen LogP) is 5.70. The summed E-state index contributed by atoms with van der Waals surface area (Å²) in [6.45, 7) is 1.12. The highest BCUT2D eigenvalue weighted by Gasteiger charge is 2.23. The molecule has 10 nitrogen and oxygen atoms in total. The Hall–Kier alpha value is -3.13. The number of carbonyl (C=O) groups is 2. The molecule has 0 spiro atoms. The number of sulfonamides is 1. The summed E-state index contributed by atoms with van der Waals surface area (Å²) in [6, 6.07) is 6.62. The summed E-state index contributed by atoms with van der Waals surface area (Å²) in [6.07, 6.45) is 1.48. The largest absolute Gasteiger partial charge is 0.480 e. The number of alkyl carbamates (subject to hydrolysis) is 1. The van der Waals surface area contributed by atoms with Gasteiger partial charge in [0.1, 0.15) is 34.9 Å². The molecule has 0 aliphatic rings. The summed E-state index contributed by atoms with van der Waals surface area (Å²) in [7, 11) is -4.28. The van der Waals surface area contributed by atoms with Crippen LogP contribution in [0.3, 0.4) is 0 Å². The van der Waals surface area contributed by atoms with Gasteiger partial charge in [0.2, 0.25) is 0 Å². The molecule has 0 aliphatic heterocycles. The molecule has 3 rings (SSSR count). The van der Waals surface area contributed by atoms with E-state index in [0.717, 1.165) is 23.5 Å². The van der Waals surface area contributed by atoms with Gasteiger partial charge in [0.25, 0.3) is 10.0 Å². The second kappa shape index (κ2) is 13.1. The Morgan fingerprint density at radius 3 is 2.66 bits per heavy atom. The molecule has 0 aliphatic carbocycles. The monoisotopic (exact) mass is 605 g/mol. The third-order valence-corrected chi connectivity index (χ3v) is 7.62. The average molecular weight is 606 g/mol. The zero-order valence-corrected chi connectivity index (χ0v) is 22.9. The van der Waals surface area contributed by atoms with Crippen molar-refractivity contribution in [3.8, 4) is 11.5 Å². The van der Waals surface area contributed by atoms with Crippen LogP contribution in [-0.2, 0) is 26.0 Å². The van der Waals surface area contributed by atoms with Gasteiger partial charge in [0.05, 0.1) is 5.02 Å². The summed E-state index contributed by atoms with van der Waals surface area (Å²) < 4.78 is 53.1. The van der Waals surface area contributed by atoms with Gasteiger partial charge >= 0.3 is 12.1 Å². The molecule has 0 fully saturated rings. The SMILES string of the molecule is CC(CCCc1cc(Cl)ccc1Oc1cc(F)c(S(=O)(=O)Nc2nccs2)cc1Cl)OC(=O)NCC(=O)O. The number of aryl methyl sites for hydroxylation is 1. The summed E-state index contributed by atoms with van der Waals surface area (Å²) in [5.74, 6) is -2.05. The van der Waals surface area contributed by atoms with Gasteiger partial charge in [0.15, 0.2) is 5.13 Å². The van der Waals surface area contributed by atoms with Gasteiger partial charge in [-0.2, -0.15) is 0 Å². The van der Waals surface area contributed by atoms with E-state index < -0.39 is 45.4 Å². The van der Waals surface area contributed by atoms with Crippen molar-refractivity contribution in [1.29, 1.82) is 0 Å². The molecule has 1 atom stereocenters. The molecule has 1 heterocycles. The molecule has 0 radical (unpaired) electrons. The van der Waals surface area contributed by atoms with E-state index in [2.05, 4.69) is 15.0 Å². The van der Waals surface area contributed by atoms with Crippen LogP contribution in [0, 0.1) is 5.82 Å². The number of halogens is 3. The first-order valence-corrected chi connectivity index (χ1v) is 14.1. The maximum Gasteiger partial charge on any atom is 0.407 e. The first-order valence-electron chi connectivity index (χ1n) is 11.0. The molecule has 0 saturated carbocycles. The third kappa shape index (κ3) is 8.45. The standard InChI is InChI=1S/C23H22Cl2FN3O7S2/c1-13(35-23(32)28-12-21(30)31)3-2-4-14-9-15(24)5-6-18(14)36-19-11-17(26)20(10-16(19)25)38(33,34)29-22-27-7-8-37-22/h5-11,13H,2-4,12H2,1H3,(H,27,29)(H,28,32)(H,30,31). The quantitative estimate of drug-likeness (QED) is 0.238. The minimum absolute atomic E-state index is 0.0762. The molecule has 0 saturated heterocycles. The highest BCUT2D eigenvalue weighted by atomic mass is 35.5. The fraction of sp³-hybridized carbons (Fsp3) is 0.261. The molecule has 1 unspecified atom stereocenters. The number of rotatable bonds is 12. The van der Waals surface area contributed by atoms with E-state index in [4.69, 9.17) is 37.8 Å². The van der Waals surface area contributed by atoms with E-state index in [-0.39, 0.29) is 15.9 Å². The Morgan fingerprint density at radius 2 is 1.97 bits per heavy atom. The second-order valence-electron chi connectivity index (χ2n) is 7.87. The Kier molecular flexibility index (Phi) is 10.1. The van der Waals surface area contributed by atoms with Gasteiger partial charge in [-0.05, 0) is 56.0 Å². The zero-order chi connectivity index (χ0) is 27.9. The molecule has 38 heavy (non-hydrogen) atoms. The average Bonchev–Trinajstić information content (AvgIpc) is 3.33. The van der Waals surface area contributed by atoms with Crippen LogP contribution in [0.15, 0.2) is 46.8 Å². The third-order valence-electron chi connectivity index (χ3n) is 4.92. The van der Waals surface area contributed by atoms with Crippen molar-refractivity contribution >= 4 is 61.8 Å². The maximum absolute atomic E-state index is 14.8. The minimum Gasteiger partial charge on any atom is -0.480 e. The van der Waals surface area contributed by atoms with Crippen LogP contribution in [-0.4, -0.2) is 43.2 Å². The molecular formula is C23H22Cl2FN3O7S2. The maximum atomic E-state index is 14.8. The van der Waals surface area contributed by atoms with E-state index in [1.54, 1.807) is 30.5 Å². The summed E-state index contributed by atoms with van der Waals surface area (Å²) >= 11 is 13.4. The van der Waals surface area contributed by atoms with Crippen molar-refractivity contribution < 1.29 is 37.0 Å². The van der Waals surface area contributed by atoms with E-state index in [1.807, 2.05) is 0 Å². The first-order chi connectivity index (χ1) is 17.9. The van der Waals surface area contributed by atoms with Gasteiger partial charge in [-0.15, -0.1) is 11.3 Å². The molecule has 15 heteroatoms. The van der Waals surface area contributed by atoms with E-state index in [9.17, 15) is 22.4 Å². The highest BCUT2D eigenvalue weighted by molar-refractivity contribution is 7.93. The van der Waals surface area contributed by atoms with Gasteiger partial charge in [-0.3, -0.25) is 9.52 Å². The van der Waals surface area contributed by atoms with Crippen molar-refractivity contribution in [2.75, 3.05) is 11.3 Å². The number of carbonyl (C=O) groups excluding carboxylic acids is 1. The molecule has 1 amide bonds. The molecule has 3 aromatic rings. The number of anilines is 1. The smallest absolute Gasteiger partial charge is 0.407 e. The summed E-state index contributed by atoms with van der Waals surface area (Å²) in [5.41, 5.74) is 0.652. The van der Waals surface area contributed by atoms with E-state index >= 15 is 0 Å². The van der Waals surface area contributed by atoms with Gasteiger partial charge < -0.3 is 19.9 Å². The highest BCUT2D eigenvalue weighted by Crippen LogP contribution is 2.36. The van der Waals surface area contributed by atoms with Crippen molar-refractivity contribution in [1.82, 2.24) is 10.3 Å². The molecule has 3 N–H and O–H groups in total. The fourth-order valence-electron chi connectivity index (χ4n) is 3.21. The Morgan fingerprint density at radius 1 is 1.21 bits per heavy atom. The minimum atomic E-state index is -4.28. The zero-order valence-electron chi connectivity index (χ0n) is 19.7. The van der Waals surface area contributed by atoms with Crippen LogP contribution < -0.4 is 14.8 Å². The number of amides is 1. The van der Waals surface area contributed by atoms with Crippen LogP contribution in [0.4, 0.5) is 14.3 Å². The van der Waals surface area contributed by atoms with Gasteiger partial charge in [-0.1, -0.05) is 23.2 Å². The Balaban J connectivity index is 1.69. The number of benzene rings is 2. The van der Waals surface area contributed by atoms with Crippen molar-refractivity contribution in [2.24, 2.45) is 0 Å². The number of thiazole rings is 1. The van der Waals surface area contributed by atoms with Crippen molar-refractivity contribution in [3.05, 3.63) is 63.3 Å². The number of carboxylic acid groups (broad SMARTS) is 1. The first kappa shape index (κ1) is 29.4. The number of aromatic nitrogens is 1. The van der Waals surface area contributed by atoms with Crippen LogP contribution in [0.5, 0.6) is 11.5 Å². The second-order valence-corrected chi connectivity index (χ2v) is 11.3. The summed E-state index contributed by atoms with van der Waals surface area (Å²) in [5, 5.41) is 12.6. The lowest BCUT2D eigenvalue weighted by molar-refractivity contribution is -0.135. The van der Waals surface area contributed by atoms with E-state index in [0.29, 0.717) is 35.6 Å². The normalized spacial score (nSPS) is 12.0. The lowest BCUT2D eigenvalue weighted by Gasteiger charge is -2.16. The number of aliphatic carboxylic acids is 1. The summed E-state index contributed by atoms with van der Waals surface area (Å²) in [4.78, 5) is 25.3. The molecule has 1 aromatic heterocycles. The fourth-order valence-corrected chi connectivity index (χ4v) is 5.55. The Labute approximate surface area is 231 Å². The number of nitrogens with zero attached hydrogens (tertiary/aromatic N) is 1. The molecule has 0 bridgehead atoms. The lowest BCUT2D eigenvalue weighted by Crippen LogP contribution is -2.32. The number of ether oxygens (including phenoxy) is 2. The lowest BCUT2D eigenvalue weighted by atomic mass is 10.1. The van der Waals surface area contributed by atoms with Gasteiger partial charge in [-0.25, -0.2) is 22.6 Å². The molecule has 2 aromatic carbocycles. The van der Waals surface area contributed by atoms with Crippen molar-refractivity contribution in [3.63, 3.8) is 0 Å². The van der Waals surface area contributed by atoms with Gasteiger partial charge in [0, 0.05) is 22.7 Å². The number of hydrogen-bond donors (Lipinski definition) is 3. The number of carboxylic acids is 1. The predicted molar refractivity (Wildman–Crippen MR) is 140 cm³/mol. The van der Waals surface area contributed by atoms with Crippen LogP contribution in [0.25, 0.3) is 0 Å². The van der Waals surface area contributed by atoms with Crippen LogP contribution in [0.2, 0.25) is 10.0 Å². The van der Waals surface area contributed by atoms with Crippen LogP contribution >= 0.6 is 34.5 Å². The van der Waals surface area contributed by atoms with E-state index in [1.165, 1.54) is 6.20 Å². The number of hydrogen-bond acceptors (Lipinski definition) is 8. The topological polar surface area (TPSA) is 144 Å².